The van der Waals surface area contributed by atoms with Gasteiger partial charge in [-0.2, -0.15) is 5.10 Å². The summed E-state index contributed by atoms with van der Waals surface area (Å²) in [6.45, 7) is 3.59. The number of amides is 1. The number of rotatable bonds is 5. The Hall–Kier alpha value is -2.74. The van der Waals surface area contributed by atoms with Crippen LogP contribution in [0.5, 0.6) is 5.75 Å². The van der Waals surface area contributed by atoms with Crippen molar-refractivity contribution in [3.63, 3.8) is 0 Å². The molecule has 0 saturated carbocycles. The lowest BCUT2D eigenvalue weighted by molar-refractivity contribution is 0.0649. The third kappa shape index (κ3) is 3.45. The number of thiazole rings is 1. The average molecular weight is 369 g/mol. The van der Waals surface area contributed by atoms with Crippen LogP contribution in [0, 0.1) is 6.92 Å². The second-order valence-corrected chi connectivity index (χ2v) is 7.25. The Balaban J connectivity index is 1.45. The van der Waals surface area contributed by atoms with E-state index in [1.165, 1.54) is 11.3 Å². The molecule has 1 amide bonds. The van der Waals surface area contributed by atoms with E-state index >= 15 is 0 Å². The van der Waals surface area contributed by atoms with Crippen LogP contribution in [0.4, 0.5) is 0 Å². The number of pyridine rings is 1. The third-order valence-electron chi connectivity index (χ3n) is 4.36. The maximum atomic E-state index is 12.8. The van der Waals surface area contributed by atoms with Gasteiger partial charge in [0.2, 0.25) is 0 Å². The quantitative estimate of drug-likeness (QED) is 0.691. The van der Waals surface area contributed by atoms with E-state index in [1.807, 2.05) is 40.1 Å². The molecule has 0 N–H and O–H groups in total. The molecule has 8 heteroatoms. The van der Waals surface area contributed by atoms with Crippen molar-refractivity contribution in [1.82, 2.24) is 24.6 Å². The molecule has 26 heavy (non-hydrogen) atoms. The molecule has 0 aliphatic carbocycles. The van der Waals surface area contributed by atoms with Crippen molar-refractivity contribution in [3.8, 4) is 5.75 Å². The van der Waals surface area contributed by atoms with Crippen LogP contribution in [0.1, 0.15) is 33.7 Å². The van der Waals surface area contributed by atoms with Crippen LogP contribution >= 0.6 is 11.3 Å². The Morgan fingerprint density at radius 1 is 1.38 bits per heavy atom. The van der Waals surface area contributed by atoms with Gasteiger partial charge in [0.15, 0.2) is 0 Å². The predicted octanol–water partition coefficient (Wildman–Crippen LogP) is 2.71. The summed E-state index contributed by atoms with van der Waals surface area (Å²) in [5, 5.41) is 7.16. The van der Waals surface area contributed by atoms with E-state index in [1.54, 1.807) is 18.6 Å². The molecule has 0 spiro atoms. The molecular weight excluding hydrogens is 350 g/mol. The van der Waals surface area contributed by atoms with E-state index in [-0.39, 0.29) is 11.9 Å². The van der Waals surface area contributed by atoms with Crippen LogP contribution in [-0.2, 0) is 6.54 Å². The Morgan fingerprint density at radius 2 is 2.31 bits per heavy atom. The van der Waals surface area contributed by atoms with Crippen LogP contribution in [0.2, 0.25) is 0 Å². The summed E-state index contributed by atoms with van der Waals surface area (Å²) in [5.41, 5.74) is 1.55. The molecule has 1 aliphatic rings. The van der Waals surface area contributed by atoms with Crippen molar-refractivity contribution in [2.45, 2.75) is 25.9 Å². The van der Waals surface area contributed by atoms with Gasteiger partial charge in [-0.1, -0.05) is 0 Å². The second kappa shape index (κ2) is 7.25. The Labute approximate surface area is 155 Å². The van der Waals surface area contributed by atoms with E-state index < -0.39 is 0 Å². The lowest BCUT2D eigenvalue weighted by Crippen LogP contribution is -2.41. The van der Waals surface area contributed by atoms with E-state index in [9.17, 15) is 4.79 Å². The fourth-order valence-corrected chi connectivity index (χ4v) is 3.71. The highest BCUT2D eigenvalue weighted by Gasteiger charge is 2.29. The summed E-state index contributed by atoms with van der Waals surface area (Å²) in [7, 11) is 0. The van der Waals surface area contributed by atoms with Gasteiger partial charge in [0.05, 0.1) is 36.1 Å². The number of nitrogens with zero attached hydrogens (tertiary/aromatic N) is 5. The Bertz CT molecular complexity index is 892. The van der Waals surface area contributed by atoms with Crippen LogP contribution in [0.3, 0.4) is 0 Å². The molecule has 0 saturated heterocycles. The smallest absolute Gasteiger partial charge is 0.273 e. The number of hydrogen-bond donors (Lipinski definition) is 0. The zero-order chi connectivity index (χ0) is 17.9. The molecule has 0 radical (unpaired) electrons. The van der Waals surface area contributed by atoms with Crippen molar-refractivity contribution in [3.05, 3.63) is 58.6 Å². The van der Waals surface area contributed by atoms with Crippen LogP contribution in [0.15, 0.2) is 42.2 Å². The van der Waals surface area contributed by atoms with E-state index in [0.29, 0.717) is 25.4 Å². The summed E-state index contributed by atoms with van der Waals surface area (Å²) in [6.07, 6.45) is 5.95. The molecule has 3 aromatic heterocycles. The first-order chi connectivity index (χ1) is 12.7. The molecule has 3 aromatic rings. The highest BCUT2D eigenvalue weighted by Crippen LogP contribution is 2.25. The number of aromatic nitrogens is 4. The standard InChI is InChI=1S/C18H19N5O2S/c1-13-21-17(12-26-13)18(24)22-10-14-4-7-20-23(14)15(11-22)5-8-25-16-3-2-6-19-9-16/h2-4,6-7,9,12,15H,5,8,10-11H2,1H3/t15-/m1/s1. The first kappa shape index (κ1) is 16.7. The third-order valence-corrected chi connectivity index (χ3v) is 5.14. The van der Waals surface area contributed by atoms with Crippen molar-refractivity contribution in [2.24, 2.45) is 0 Å². The minimum atomic E-state index is -0.0278. The second-order valence-electron chi connectivity index (χ2n) is 6.18. The lowest BCUT2D eigenvalue weighted by Gasteiger charge is -2.33. The van der Waals surface area contributed by atoms with Crippen molar-refractivity contribution >= 4 is 17.2 Å². The SMILES string of the molecule is Cc1nc(C(=O)N2Cc3ccnn3[C@H](CCOc3cccnc3)C2)cs1. The zero-order valence-corrected chi connectivity index (χ0v) is 15.2. The van der Waals surface area contributed by atoms with Gasteiger partial charge in [-0.25, -0.2) is 4.98 Å². The molecule has 4 heterocycles. The average Bonchev–Trinajstić information content (AvgIpc) is 3.30. The topological polar surface area (TPSA) is 73.1 Å². The van der Waals surface area contributed by atoms with E-state index in [2.05, 4.69) is 15.1 Å². The Kier molecular flexibility index (Phi) is 4.66. The summed E-state index contributed by atoms with van der Waals surface area (Å²) >= 11 is 1.49. The monoisotopic (exact) mass is 369 g/mol. The van der Waals surface area contributed by atoms with E-state index in [0.717, 1.165) is 22.9 Å². The molecule has 0 aromatic carbocycles. The van der Waals surface area contributed by atoms with Gasteiger partial charge < -0.3 is 9.64 Å². The minimum absolute atomic E-state index is 0.0278. The minimum Gasteiger partial charge on any atom is -0.492 e. The zero-order valence-electron chi connectivity index (χ0n) is 14.4. The number of carbonyl (C=O) groups is 1. The normalized spacial score (nSPS) is 16.3. The van der Waals surface area contributed by atoms with Gasteiger partial charge >= 0.3 is 0 Å². The number of ether oxygens (including phenoxy) is 1. The van der Waals surface area contributed by atoms with E-state index in [4.69, 9.17) is 4.74 Å². The number of aryl methyl sites for hydroxylation is 1. The maximum absolute atomic E-state index is 12.8. The number of hydrogen-bond acceptors (Lipinski definition) is 6. The molecule has 0 unspecified atom stereocenters. The van der Waals surface area contributed by atoms with Crippen LogP contribution in [0.25, 0.3) is 0 Å². The molecule has 1 aliphatic heterocycles. The molecular formula is C18H19N5O2S. The number of carbonyl (C=O) groups excluding carboxylic acids is 1. The molecule has 0 bridgehead atoms. The first-order valence-corrected chi connectivity index (χ1v) is 9.35. The van der Waals surface area contributed by atoms with Gasteiger partial charge in [0.25, 0.3) is 5.91 Å². The highest BCUT2D eigenvalue weighted by molar-refractivity contribution is 7.09. The highest BCUT2D eigenvalue weighted by atomic mass is 32.1. The van der Waals surface area contributed by atoms with Gasteiger partial charge in [0, 0.05) is 30.7 Å². The Morgan fingerprint density at radius 3 is 3.08 bits per heavy atom. The summed E-state index contributed by atoms with van der Waals surface area (Å²) < 4.78 is 7.77. The van der Waals surface area contributed by atoms with Crippen LogP contribution < -0.4 is 4.74 Å². The van der Waals surface area contributed by atoms with Gasteiger partial charge in [0.1, 0.15) is 11.4 Å². The summed E-state index contributed by atoms with van der Waals surface area (Å²) in [5.74, 6) is 0.717. The maximum Gasteiger partial charge on any atom is 0.273 e. The first-order valence-electron chi connectivity index (χ1n) is 8.47. The molecule has 0 fully saturated rings. The lowest BCUT2D eigenvalue weighted by atomic mass is 10.1. The molecule has 134 valence electrons. The predicted molar refractivity (Wildman–Crippen MR) is 97.2 cm³/mol. The molecule has 7 nitrogen and oxygen atoms in total. The number of fused-ring (bicyclic) bond motifs is 1. The fourth-order valence-electron chi connectivity index (χ4n) is 3.12. The molecule has 1 atom stereocenters. The fraction of sp³-hybridized carbons (Fsp3) is 0.333. The van der Waals surface area contributed by atoms with Crippen molar-refractivity contribution in [2.75, 3.05) is 13.2 Å². The van der Waals surface area contributed by atoms with Crippen molar-refractivity contribution < 1.29 is 9.53 Å². The molecule has 4 rings (SSSR count). The summed E-state index contributed by atoms with van der Waals surface area (Å²) in [6, 6.07) is 5.76. The van der Waals surface area contributed by atoms with Gasteiger partial charge in [-0.05, 0) is 25.1 Å². The largest absolute Gasteiger partial charge is 0.492 e. The van der Waals surface area contributed by atoms with Gasteiger partial charge in [-0.3, -0.25) is 14.5 Å². The van der Waals surface area contributed by atoms with Crippen molar-refractivity contribution in [1.29, 1.82) is 0 Å². The van der Waals surface area contributed by atoms with Gasteiger partial charge in [-0.15, -0.1) is 11.3 Å². The summed E-state index contributed by atoms with van der Waals surface area (Å²) in [4.78, 5) is 23.0. The van der Waals surface area contributed by atoms with Crippen LogP contribution in [-0.4, -0.2) is 43.7 Å².